The van der Waals surface area contributed by atoms with Crippen LogP contribution in [0.1, 0.15) is 11.1 Å². The smallest absolute Gasteiger partial charge is 0.408 e. The van der Waals surface area contributed by atoms with E-state index in [1.54, 1.807) is 36.4 Å². The molecule has 9 heteroatoms. The molecular formula is C21H23BrN2O6. The summed E-state index contributed by atoms with van der Waals surface area (Å²) in [6.07, 6.45) is -0.704. The first kappa shape index (κ1) is 23.4. The van der Waals surface area contributed by atoms with Crippen molar-refractivity contribution >= 4 is 33.9 Å². The van der Waals surface area contributed by atoms with Crippen LogP contribution in [0.3, 0.4) is 0 Å². The number of alkyl carbamates (subject to hydrolysis) is 1. The highest BCUT2D eigenvalue weighted by atomic mass is 79.9. The maximum absolute atomic E-state index is 12.5. The predicted octanol–water partition coefficient (Wildman–Crippen LogP) is 1.94. The molecule has 160 valence electrons. The van der Waals surface area contributed by atoms with E-state index >= 15 is 0 Å². The number of rotatable bonds is 9. The lowest BCUT2D eigenvalue weighted by molar-refractivity contribution is -0.145. The van der Waals surface area contributed by atoms with E-state index in [1.807, 2.05) is 18.2 Å². The SMILES string of the molecule is COC(=O)[C@@H](Cc1ccccc1Br)NC(=O)[C@H](CO)NC(=O)OCc1ccccc1. The molecule has 30 heavy (non-hydrogen) atoms. The first-order valence-electron chi connectivity index (χ1n) is 9.14. The molecule has 0 radical (unpaired) electrons. The molecule has 0 saturated carbocycles. The molecule has 2 aromatic carbocycles. The first-order valence-corrected chi connectivity index (χ1v) is 9.93. The first-order chi connectivity index (χ1) is 14.4. The Morgan fingerprint density at radius 1 is 1.00 bits per heavy atom. The minimum Gasteiger partial charge on any atom is -0.467 e. The number of carbonyl (C=O) groups is 3. The number of aliphatic hydroxyl groups excluding tert-OH is 1. The molecule has 2 aromatic rings. The number of esters is 1. The van der Waals surface area contributed by atoms with Crippen LogP contribution in [0.15, 0.2) is 59.1 Å². The maximum Gasteiger partial charge on any atom is 0.408 e. The monoisotopic (exact) mass is 478 g/mol. The summed E-state index contributed by atoms with van der Waals surface area (Å²) in [6, 6.07) is 14.0. The van der Waals surface area contributed by atoms with Gasteiger partial charge in [0.25, 0.3) is 0 Å². The summed E-state index contributed by atoms with van der Waals surface area (Å²) < 4.78 is 10.6. The summed E-state index contributed by atoms with van der Waals surface area (Å²) in [5.41, 5.74) is 1.56. The van der Waals surface area contributed by atoms with Gasteiger partial charge in [0.1, 0.15) is 18.7 Å². The van der Waals surface area contributed by atoms with Gasteiger partial charge in [0.05, 0.1) is 13.7 Å². The molecule has 0 fully saturated rings. The minimum atomic E-state index is -1.29. The minimum absolute atomic E-state index is 0.0132. The summed E-state index contributed by atoms with van der Waals surface area (Å²) in [4.78, 5) is 36.6. The van der Waals surface area contributed by atoms with Gasteiger partial charge >= 0.3 is 12.1 Å². The summed E-state index contributed by atoms with van der Waals surface area (Å²) in [5, 5.41) is 14.3. The van der Waals surface area contributed by atoms with Crippen LogP contribution in [0.5, 0.6) is 0 Å². The third kappa shape index (κ3) is 7.16. The average Bonchev–Trinajstić information content (AvgIpc) is 2.77. The number of benzene rings is 2. The average molecular weight is 479 g/mol. The van der Waals surface area contributed by atoms with E-state index in [9.17, 15) is 19.5 Å². The molecule has 0 aliphatic carbocycles. The highest BCUT2D eigenvalue weighted by Crippen LogP contribution is 2.18. The van der Waals surface area contributed by atoms with Crippen molar-refractivity contribution < 1.29 is 29.0 Å². The quantitative estimate of drug-likeness (QED) is 0.474. The number of nitrogens with one attached hydrogen (secondary N) is 2. The molecular weight excluding hydrogens is 456 g/mol. The molecule has 0 heterocycles. The second-order valence-electron chi connectivity index (χ2n) is 6.32. The fourth-order valence-electron chi connectivity index (χ4n) is 2.59. The van der Waals surface area contributed by atoms with Gasteiger partial charge < -0.3 is 25.2 Å². The van der Waals surface area contributed by atoms with Crippen molar-refractivity contribution in [3.8, 4) is 0 Å². The van der Waals surface area contributed by atoms with Gasteiger partial charge in [-0.3, -0.25) is 4.79 Å². The Kier molecular flexibility index (Phi) is 9.30. The van der Waals surface area contributed by atoms with Crippen LogP contribution in [-0.2, 0) is 32.1 Å². The van der Waals surface area contributed by atoms with Gasteiger partial charge in [-0.05, 0) is 17.2 Å². The van der Waals surface area contributed by atoms with E-state index in [2.05, 4.69) is 26.6 Å². The number of methoxy groups -OCH3 is 1. The second kappa shape index (κ2) is 11.9. The highest BCUT2D eigenvalue weighted by Gasteiger charge is 2.28. The molecule has 0 spiro atoms. The Hall–Kier alpha value is -2.91. The van der Waals surface area contributed by atoms with Gasteiger partial charge in [-0.15, -0.1) is 0 Å². The molecule has 0 unspecified atom stereocenters. The van der Waals surface area contributed by atoms with E-state index in [4.69, 9.17) is 9.47 Å². The van der Waals surface area contributed by atoms with Crippen LogP contribution in [0.25, 0.3) is 0 Å². The molecule has 3 N–H and O–H groups in total. The van der Waals surface area contributed by atoms with Crippen LogP contribution in [0.4, 0.5) is 4.79 Å². The van der Waals surface area contributed by atoms with Gasteiger partial charge in [-0.2, -0.15) is 0 Å². The molecule has 2 amide bonds. The van der Waals surface area contributed by atoms with Crippen LogP contribution < -0.4 is 10.6 Å². The normalized spacial score (nSPS) is 12.4. The molecule has 0 saturated heterocycles. The lowest BCUT2D eigenvalue weighted by Gasteiger charge is -2.21. The highest BCUT2D eigenvalue weighted by molar-refractivity contribution is 9.10. The number of aliphatic hydroxyl groups is 1. The largest absolute Gasteiger partial charge is 0.467 e. The summed E-state index contributed by atoms with van der Waals surface area (Å²) in [6.45, 7) is -0.658. The number of carbonyl (C=O) groups excluding carboxylic acids is 3. The predicted molar refractivity (Wildman–Crippen MR) is 112 cm³/mol. The van der Waals surface area contributed by atoms with Crippen LogP contribution in [0, 0.1) is 0 Å². The molecule has 0 aromatic heterocycles. The van der Waals surface area contributed by atoms with Crippen molar-refractivity contribution in [3.05, 3.63) is 70.2 Å². The van der Waals surface area contributed by atoms with Gasteiger partial charge in [0.15, 0.2) is 0 Å². The molecule has 0 aliphatic rings. The third-order valence-corrected chi connectivity index (χ3v) is 4.96. The van der Waals surface area contributed by atoms with Gasteiger partial charge in [0.2, 0.25) is 5.91 Å². The third-order valence-electron chi connectivity index (χ3n) is 4.19. The standard InChI is InChI=1S/C21H23BrN2O6/c1-29-20(27)17(11-15-9-5-6-10-16(15)22)23-19(26)18(12-25)24-21(28)30-13-14-7-3-2-4-8-14/h2-10,17-18,25H,11-13H2,1H3,(H,23,26)(H,24,28)/t17-,18+/m1/s1. The molecule has 2 atom stereocenters. The number of hydrogen-bond acceptors (Lipinski definition) is 6. The van der Waals surface area contributed by atoms with Crippen LogP contribution in [-0.4, -0.2) is 48.9 Å². The Morgan fingerprint density at radius 3 is 2.30 bits per heavy atom. The van der Waals surface area contributed by atoms with E-state index in [0.717, 1.165) is 15.6 Å². The Morgan fingerprint density at radius 2 is 1.67 bits per heavy atom. The van der Waals surface area contributed by atoms with Gasteiger partial charge in [-0.25, -0.2) is 9.59 Å². The number of hydrogen-bond donors (Lipinski definition) is 3. The lowest BCUT2D eigenvalue weighted by atomic mass is 10.1. The molecule has 0 bridgehead atoms. The maximum atomic E-state index is 12.5. The fraction of sp³-hybridized carbons (Fsp3) is 0.286. The van der Waals surface area contributed by atoms with Crippen molar-refractivity contribution in [2.45, 2.75) is 25.1 Å². The zero-order chi connectivity index (χ0) is 21.9. The van der Waals surface area contributed by atoms with Crippen molar-refractivity contribution in [1.29, 1.82) is 0 Å². The van der Waals surface area contributed by atoms with Crippen molar-refractivity contribution in [3.63, 3.8) is 0 Å². The molecule has 8 nitrogen and oxygen atoms in total. The second-order valence-corrected chi connectivity index (χ2v) is 7.18. The van der Waals surface area contributed by atoms with E-state index in [-0.39, 0.29) is 13.0 Å². The molecule has 0 aliphatic heterocycles. The van der Waals surface area contributed by atoms with Gasteiger partial charge in [0, 0.05) is 10.9 Å². The van der Waals surface area contributed by atoms with Crippen molar-refractivity contribution in [1.82, 2.24) is 10.6 Å². The molecule has 2 rings (SSSR count). The number of halogens is 1. The van der Waals surface area contributed by atoms with E-state index < -0.39 is 36.7 Å². The van der Waals surface area contributed by atoms with E-state index in [0.29, 0.717) is 0 Å². The summed E-state index contributed by atoms with van der Waals surface area (Å²) in [5.74, 6) is -1.39. The summed E-state index contributed by atoms with van der Waals surface area (Å²) in [7, 11) is 1.21. The van der Waals surface area contributed by atoms with Gasteiger partial charge in [-0.1, -0.05) is 64.5 Å². The lowest BCUT2D eigenvalue weighted by Crippen LogP contribution is -2.54. The summed E-state index contributed by atoms with van der Waals surface area (Å²) >= 11 is 3.40. The zero-order valence-electron chi connectivity index (χ0n) is 16.3. The fourth-order valence-corrected chi connectivity index (χ4v) is 3.04. The Balaban J connectivity index is 1.96. The number of ether oxygens (including phenoxy) is 2. The Labute approximate surface area is 182 Å². The zero-order valence-corrected chi connectivity index (χ0v) is 17.9. The number of amides is 2. The van der Waals surface area contributed by atoms with Crippen LogP contribution >= 0.6 is 15.9 Å². The van der Waals surface area contributed by atoms with Crippen molar-refractivity contribution in [2.24, 2.45) is 0 Å². The van der Waals surface area contributed by atoms with E-state index in [1.165, 1.54) is 7.11 Å². The Bertz CT molecular complexity index is 862. The van der Waals surface area contributed by atoms with Crippen LogP contribution in [0.2, 0.25) is 0 Å². The van der Waals surface area contributed by atoms with Crippen molar-refractivity contribution in [2.75, 3.05) is 13.7 Å². The topological polar surface area (TPSA) is 114 Å².